The quantitative estimate of drug-likeness (QED) is 0.324. The Bertz CT molecular complexity index is 72.0. The number of rotatable bonds is 7. The van der Waals surface area contributed by atoms with Gasteiger partial charge in [0.15, 0.2) is 0 Å². The van der Waals surface area contributed by atoms with Crippen LogP contribution in [0.4, 0.5) is 0 Å². The van der Waals surface area contributed by atoms with Gasteiger partial charge in [0, 0.05) is 0 Å². The zero-order chi connectivity index (χ0) is 8.53. The highest BCUT2D eigenvalue weighted by atomic mass is 17.2. The lowest BCUT2D eigenvalue weighted by Gasteiger charge is -2.05. The SMILES string of the molecule is CCCCCOOCC(C)C. The molecule has 0 spiro atoms. The molecule has 0 aliphatic carbocycles. The highest BCUT2D eigenvalue weighted by Gasteiger charge is 1.93. The second kappa shape index (κ2) is 8.02. The molecule has 11 heavy (non-hydrogen) atoms. The fourth-order valence-corrected chi connectivity index (χ4v) is 0.654. The van der Waals surface area contributed by atoms with E-state index in [0.29, 0.717) is 12.5 Å². The molecule has 0 aromatic rings. The summed E-state index contributed by atoms with van der Waals surface area (Å²) in [5, 5.41) is 0. The summed E-state index contributed by atoms with van der Waals surface area (Å²) in [4.78, 5) is 9.89. The van der Waals surface area contributed by atoms with Crippen LogP contribution >= 0.6 is 0 Å². The molecule has 0 heterocycles. The highest BCUT2D eigenvalue weighted by Crippen LogP contribution is 1.96. The molecule has 0 aromatic carbocycles. The molecule has 0 saturated carbocycles. The molecule has 0 aromatic heterocycles. The lowest BCUT2D eigenvalue weighted by molar-refractivity contribution is -0.300. The predicted octanol–water partition coefficient (Wildman–Crippen LogP) is 2.78. The van der Waals surface area contributed by atoms with Crippen LogP contribution in [0.25, 0.3) is 0 Å². The first-order valence-corrected chi connectivity index (χ1v) is 4.51. The second-order valence-corrected chi connectivity index (χ2v) is 3.21. The van der Waals surface area contributed by atoms with E-state index in [4.69, 9.17) is 9.78 Å². The molecule has 0 rings (SSSR count). The van der Waals surface area contributed by atoms with Gasteiger partial charge in [0.25, 0.3) is 0 Å². The average Bonchev–Trinajstić information content (AvgIpc) is 1.96. The van der Waals surface area contributed by atoms with Gasteiger partial charge in [0.05, 0.1) is 13.2 Å². The molecule has 0 aliphatic heterocycles. The molecule has 0 atom stereocenters. The Morgan fingerprint density at radius 1 is 1.09 bits per heavy atom. The zero-order valence-electron chi connectivity index (χ0n) is 7.93. The van der Waals surface area contributed by atoms with Crippen LogP contribution in [0.3, 0.4) is 0 Å². The summed E-state index contributed by atoms with van der Waals surface area (Å²) in [6.45, 7) is 7.83. The molecule has 0 aliphatic rings. The van der Waals surface area contributed by atoms with Gasteiger partial charge in [-0.05, 0) is 12.3 Å². The van der Waals surface area contributed by atoms with Crippen molar-refractivity contribution in [3.63, 3.8) is 0 Å². The summed E-state index contributed by atoms with van der Waals surface area (Å²) < 4.78 is 0. The minimum Gasteiger partial charge on any atom is -0.237 e. The van der Waals surface area contributed by atoms with Crippen LogP contribution < -0.4 is 0 Å². The maximum atomic E-state index is 4.95. The van der Waals surface area contributed by atoms with E-state index in [-0.39, 0.29) is 0 Å². The first kappa shape index (κ1) is 10.9. The van der Waals surface area contributed by atoms with Gasteiger partial charge < -0.3 is 0 Å². The van der Waals surface area contributed by atoms with Crippen molar-refractivity contribution in [1.82, 2.24) is 0 Å². The molecular weight excluding hydrogens is 140 g/mol. The molecule has 0 bridgehead atoms. The lowest BCUT2D eigenvalue weighted by atomic mass is 10.2. The molecule has 0 amide bonds. The molecule has 0 unspecified atom stereocenters. The Kier molecular flexibility index (Phi) is 7.96. The largest absolute Gasteiger partial charge is 0.237 e. The minimum atomic E-state index is 0.557. The molecular formula is C9H20O2. The minimum absolute atomic E-state index is 0.557. The molecule has 0 radical (unpaired) electrons. The molecule has 2 nitrogen and oxygen atoms in total. The van der Waals surface area contributed by atoms with Gasteiger partial charge in [-0.1, -0.05) is 33.6 Å². The van der Waals surface area contributed by atoms with Gasteiger partial charge in [0.2, 0.25) is 0 Å². The molecule has 2 heteroatoms. The summed E-state index contributed by atoms with van der Waals surface area (Å²) in [6, 6.07) is 0. The van der Waals surface area contributed by atoms with Crippen LogP contribution in [0.15, 0.2) is 0 Å². The predicted molar refractivity (Wildman–Crippen MR) is 46.3 cm³/mol. The average molecular weight is 160 g/mol. The number of hydrogen-bond donors (Lipinski definition) is 0. The maximum Gasteiger partial charge on any atom is 0.0845 e. The number of unbranched alkanes of at least 4 members (excludes halogenated alkanes) is 2. The van der Waals surface area contributed by atoms with Crippen LogP contribution in [-0.4, -0.2) is 13.2 Å². The summed E-state index contributed by atoms with van der Waals surface area (Å²) in [5.41, 5.74) is 0. The summed E-state index contributed by atoms with van der Waals surface area (Å²) in [6.07, 6.45) is 3.56. The summed E-state index contributed by atoms with van der Waals surface area (Å²) in [5.74, 6) is 0.557. The van der Waals surface area contributed by atoms with E-state index >= 15 is 0 Å². The van der Waals surface area contributed by atoms with Crippen molar-refractivity contribution in [3.05, 3.63) is 0 Å². The van der Waals surface area contributed by atoms with E-state index in [0.717, 1.165) is 13.0 Å². The third-order valence-electron chi connectivity index (χ3n) is 1.32. The van der Waals surface area contributed by atoms with E-state index in [1.165, 1.54) is 12.8 Å². The third kappa shape index (κ3) is 9.92. The van der Waals surface area contributed by atoms with Crippen molar-refractivity contribution in [2.45, 2.75) is 40.0 Å². The van der Waals surface area contributed by atoms with Crippen molar-refractivity contribution < 1.29 is 9.78 Å². The Morgan fingerprint density at radius 3 is 2.36 bits per heavy atom. The van der Waals surface area contributed by atoms with Gasteiger partial charge >= 0.3 is 0 Å². The fourth-order valence-electron chi connectivity index (χ4n) is 0.654. The van der Waals surface area contributed by atoms with E-state index in [2.05, 4.69) is 20.8 Å². The van der Waals surface area contributed by atoms with Crippen LogP contribution in [0, 0.1) is 5.92 Å². The standard InChI is InChI=1S/C9H20O2/c1-4-5-6-7-10-11-8-9(2)3/h9H,4-8H2,1-3H3. The van der Waals surface area contributed by atoms with Crippen molar-refractivity contribution in [2.75, 3.05) is 13.2 Å². The van der Waals surface area contributed by atoms with Gasteiger partial charge in [0.1, 0.15) is 0 Å². The fraction of sp³-hybridized carbons (Fsp3) is 1.00. The van der Waals surface area contributed by atoms with Crippen molar-refractivity contribution in [2.24, 2.45) is 5.92 Å². The Labute approximate surface area is 69.8 Å². The van der Waals surface area contributed by atoms with Crippen molar-refractivity contribution in [3.8, 4) is 0 Å². The normalized spacial score (nSPS) is 10.9. The van der Waals surface area contributed by atoms with Crippen LogP contribution in [0.1, 0.15) is 40.0 Å². The van der Waals surface area contributed by atoms with E-state index in [9.17, 15) is 0 Å². The molecule has 0 fully saturated rings. The smallest absolute Gasteiger partial charge is 0.0845 e. The van der Waals surface area contributed by atoms with Crippen LogP contribution in [0.5, 0.6) is 0 Å². The summed E-state index contributed by atoms with van der Waals surface area (Å²) in [7, 11) is 0. The third-order valence-corrected chi connectivity index (χ3v) is 1.32. The zero-order valence-corrected chi connectivity index (χ0v) is 7.93. The van der Waals surface area contributed by atoms with Gasteiger partial charge in [-0.2, -0.15) is 0 Å². The van der Waals surface area contributed by atoms with E-state index in [1.54, 1.807) is 0 Å². The molecule has 0 saturated heterocycles. The Balaban J connectivity index is 2.80. The van der Waals surface area contributed by atoms with Gasteiger partial charge in [-0.3, -0.25) is 0 Å². The van der Waals surface area contributed by atoms with Crippen molar-refractivity contribution >= 4 is 0 Å². The monoisotopic (exact) mass is 160 g/mol. The Morgan fingerprint density at radius 2 is 1.82 bits per heavy atom. The number of hydrogen-bond acceptors (Lipinski definition) is 2. The maximum absolute atomic E-state index is 4.95. The molecule has 68 valence electrons. The Hall–Kier alpha value is -0.0800. The van der Waals surface area contributed by atoms with Crippen LogP contribution in [0.2, 0.25) is 0 Å². The first-order valence-electron chi connectivity index (χ1n) is 4.51. The summed E-state index contributed by atoms with van der Waals surface area (Å²) >= 11 is 0. The topological polar surface area (TPSA) is 18.5 Å². The van der Waals surface area contributed by atoms with Gasteiger partial charge in [-0.25, -0.2) is 9.78 Å². The van der Waals surface area contributed by atoms with Crippen molar-refractivity contribution in [1.29, 1.82) is 0 Å². The lowest BCUT2D eigenvalue weighted by Crippen LogP contribution is -2.03. The second-order valence-electron chi connectivity index (χ2n) is 3.21. The van der Waals surface area contributed by atoms with Gasteiger partial charge in [-0.15, -0.1) is 0 Å². The van der Waals surface area contributed by atoms with E-state index in [1.807, 2.05) is 0 Å². The van der Waals surface area contributed by atoms with E-state index < -0.39 is 0 Å². The molecule has 0 N–H and O–H groups in total. The van der Waals surface area contributed by atoms with Crippen LogP contribution in [-0.2, 0) is 9.78 Å². The first-order chi connectivity index (χ1) is 5.27. The highest BCUT2D eigenvalue weighted by molar-refractivity contribution is 4.36.